The van der Waals surface area contributed by atoms with Gasteiger partial charge < -0.3 is 14.8 Å². The summed E-state index contributed by atoms with van der Waals surface area (Å²) in [5.41, 5.74) is 3.40. The van der Waals surface area contributed by atoms with Crippen molar-refractivity contribution < 1.29 is 9.47 Å². The Kier molecular flexibility index (Phi) is 3.86. The van der Waals surface area contributed by atoms with E-state index in [9.17, 15) is 0 Å². The number of rotatable bonds is 3. The molecule has 0 radical (unpaired) electrons. The lowest BCUT2D eigenvalue weighted by molar-refractivity contribution is 0.173. The Bertz CT molecular complexity index is 1150. The molecule has 0 bridgehead atoms. The zero-order valence-electron chi connectivity index (χ0n) is 15.3. The van der Waals surface area contributed by atoms with E-state index in [2.05, 4.69) is 79.0 Å². The number of benzene rings is 4. The summed E-state index contributed by atoms with van der Waals surface area (Å²) in [7, 11) is 0. The van der Waals surface area contributed by atoms with Gasteiger partial charge in [0, 0.05) is 23.4 Å². The maximum Gasteiger partial charge on any atom is 0.169 e. The smallest absolute Gasteiger partial charge is 0.169 e. The van der Waals surface area contributed by atoms with Crippen LogP contribution in [0.3, 0.4) is 0 Å². The van der Waals surface area contributed by atoms with E-state index in [1.54, 1.807) is 0 Å². The molecule has 4 aromatic carbocycles. The maximum atomic E-state index is 6.15. The highest BCUT2D eigenvalue weighted by molar-refractivity contribution is 6.12. The highest BCUT2D eigenvalue weighted by Gasteiger charge is 2.23. The molecule has 0 aliphatic carbocycles. The van der Waals surface area contributed by atoms with E-state index in [1.807, 2.05) is 0 Å². The van der Waals surface area contributed by atoms with Gasteiger partial charge in [-0.2, -0.15) is 0 Å². The summed E-state index contributed by atoms with van der Waals surface area (Å²) in [6.45, 7) is 4.13. The van der Waals surface area contributed by atoms with Crippen LogP contribution in [0.15, 0.2) is 66.7 Å². The molecule has 0 atom stereocenters. The van der Waals surface area contributed by atoms with Crippen molar-refractivity contribution in [2.75, 3.05) is 25.1 Å². The van der Waals surface area contributed by atoms with Crippen molar-refractivity contribution in [2.45, 2.75) is 6.92 Å². The van der Waals surface area contributed by atoms with Crippen LogP contribution in [0.2, 0.25) is 0 Å². The molecule has 0 spiro atoms. The summed E-state index contributed by atoms with van der Waals surface area (Å²) in [6.07, 6.45) is 0. The molecule has 1 heterocycles. The summed E-state index contributed by atoms with van der Waals surface area (Å²) in [5.74, 6) is 1.67. The third-order valence-corrected chi connectivity index (χ3v) is 5.10. The first kappa shape index (κ1) is 16.0. The predicted molar refractivity (Wildman–Crippen MR) is 112 cm³/mol. The van der Waals surface area contributed by atoms with Gasteiger partial charge in [0.1, 0.15) is 13.2 Å². The van der Waals surface area contributed by atoms with Gasteiger partial charge in [0.05, 0.1) is 0 Å². The monoisotopic (exact) mass is 355 g/mol. The molecule has 0 aromatic heterocycles. The van der Waals surface area contributed by atoms with Gasteiger partial charge in [-0.15, -0.1) is 0 Å². The molecule has 0 amide bonds. The SMILES string of the molecule is CCNc1ccc2ccccc2c1-c1c2c(cc3ccccc13)OCCO2. The van der Waals surface area contributed by atoms with Crippen LogP contribution in [-0.4, -0.2) is 19.8 Å². The van der Waals surface area contributed by atoms with Crippen molar-refractivity contribution in [1.82, 2.24) is 0 Å². The summed E-state index contributed by atoms with van der Waals surface area (Å²) in [4.78, 5) is 0. The lowest BCUT2D eigenvalue weighted by atomic mass is 9.91. The van der Waals surface area contributed by atoms with Crippen molar-refractivity contribution in [1.29, 1.82) is 0 Å². The fraction of sp³-hybridized carbons (Fsp3) is 0.167. The van der Waals surface area contributed by atoms with Crippen LogP contribution in [-0.2, 0) is 0 Å². The third-order valence-electron chi connectivity index (χ3n) is 5.10. The predicted octanol–water partition coefficient (Wildman–Crippen LogP) is 5.86. The number of anilines is 1. The summed E-state index contributed by atoms with van der Waals surface area (Å²) in [6, 6.07) is 23.4. The molecule has 0 unspecified atom stereocenters. The Morgan fingerprint density at radius 3 is 2.30 bits per heavy atom. The van der Waals surface area contributed by atoms with Crippen molar-refractivity contribution in [3.05, 3.63) is 66.7 Å². The van der Waals surface area contributed by atoms with E-state index in [1.165, 1.54) is 21.7 Å². The molecule has 0 saturated heterocycles. The van der Waals surface area contributed by atoms with Crippen LogP contribution in [0, 0.1) is 0 Å². The lowest BCUT2D eigenvalue weighted by Gasteiger charge is -2.25. The van der Waals surface area contributed by atoms with E-state index in [0.29, 0.717) is 13.2 Å². The Morgan fingerprint density at radius 2 is 1.48 bits per heavy atom. The van der Waals surface area contributed by atoms with E-state index in [-0.39, 0.29) is 0 Å². The van der Waals surface area contributed by atoms with Crippen molar-refractivity contribution in [3.63, 3.8) is 0 Å². The summed E-state index contributed by atoms with van der Waals surface area (Å²) in [5, 5.41) is 8.31. The standard InChI is InChI=1S/C24H21NO2/c1-2-25-20-12-11-16-7-3-5-9-18(16)22(20)23-19-10-6-4-8-17(19)15-21-24(23)27-14-13-26-21/h3-12,15,25H,2,13-14H2,1H3. The second-order valence-electron chi connectivity index (χ2n) is 6.74. The van der Waals surface area contributed by atoms with Gasteiger partial charge in [-0.1, -0.05) is 54.6 Å². The zero-order valence-corrected chi connectivity index (χ0v) is 15.3. The molecule has 1 aliphatic heterocycles. The molecule has 1 N–H and O–H groups in total. The number of hydrogen-bond acceptors (Lipinski definition) is 3. The van der Waals surface area contributed by atoms with Crippen LogP contribution in [0.1, 0.15) is 6.92 Å². The van der Waals surface area contributed by atoms with Crippen molar-refractivity contribution in [3.8, 4) is 22.6 Å². The van der Waals surface area contributed by atoms with E-state index in [0.717, 1.165) is 34.7 Å². The van der Waals surface area contributed by atoms with Gasteiger partial charge in [0.15, 0.2) is 11.5 Å². The second-order valence-corrected chi connectivity index (χ2v) is 6.74. The average Bonchev–Trinajstić information content (AvgIpc) is 2.72. The number of ether oxygens (including phenoxy) is 2. The largest absolute Gasteiger partial charge is 0.486 e. The molecule has 5 rings (SSSR count). The van der Waals surface area contributed by atoms with Crippen LogP contribution in [0.4, 0.5) is 5.69 Å². The van der Waals surface area contributed by atoms with E-state index < -0.39 is 0 Å². The Hall–Kier alpha value is -3.20. The minimum atomic E-state index is 0.569. The maximum absolute atomic E-state index is 6.15. The Morgan fingerprint density at radius 1 is 0.778 bits per heavy atom. The molecule has 3 nitrogen and oxygen atoms in total. The molecule has 3 heteroatoms. The quantitative estimate of drug-likeness (QED) is 0.499. The minimum Gasteiger partial charge on any atom is -0.486 e. The molecule has 1 aliphatic rings. The van der Waals surface area contributed by atoms with E-state index in [4.69, 9.17) is 9.47 Å². The van der Waals surface area contributed by atoms with Crippen LogP contribution >= 0.6 is 0 Å². The highest BCUT2D eigenvalue weighted by atomic mass is 16.6. The normalized spacial score (nSPS) is 13.1. The van der Waals surface area contributed by atoms with Crippen LogP contribution in [0.25, 0.3) is 32.7 Å². The van der Waals surface area contributed by atoms with Crippen LogP contribution in [0.5, 0.6) is 11.5 Å². The molecule has 4 aromatic rings. The molecule has 0 fully saturated rings. The average molecular weight is 355 g/mol. The van der Waals surface area contributed by atoms with Gasteiger partial charge in [0.25, 0.3) is 0 Å². The first-order valence-electron chi connectivity index (χ1n) is 9.44. The van der Waals surface area contributed by atoms with Gasteiger partial charge in [0.2, 0.25) is 0 Å². The van der Waals surface area contributed by atoms with Crippen molar-refractivity contribution >= 4 is 27.2 Å². The highest BCUT2D eigenvalue weighted by Crippen LogP contribution is 2.49. The summed E-state index contributed by atoms with van der Waals surface area (Å²) < 4.78 is 12.1. The van der Waals surface area contributed by atoms with Gasteiger partial charge >= 0.3 is 0 Å². The molecule has 0 saturated carbocycles. The summed E-state index contributed by atoms with van der Waals surface area (Å²) >= 11 is 0. The molecular formula is C24H21NO2. The van der Waals surface area contributed by atoms with Crippen molar-refractivity contribution in [2.24, 2.45) is 0 Å². The number of hydrogen-bond donors (Lipinski definition) is 1. The zero-order chi connectivity index (χ0) is 18.2. The minimum absolute atomic E-state index is 0.569. The number of nitrogens with one attached hydrogen (secondary N) is 1. The fourth-order valence-corrected chi connectivity index (χ4v) is 3.98. The molecule has 27 heavy (non-hydrogen) atoms. The van der Waals surface area contributed by atoms with Gasteiger partial charge in [-0.3, -0.25) is 0 Å². The first-order valence-corrected chi connectivity index (χ1v) is 9.44. The van der Waals surface area contributed by atoms with E-state index >= 15 is 0 Å². The third kappa shape index (κ3) is 2.58. The molecular weight excluding hydrogens is 334 g/mol. The van der Waals surface area contributed by atoms with Gasteiger partial charge in [-0.25, -0.2) is 0 Å². The second kappa shape index (κ2) is 6.51. The Labute approximate surface area is 158 Å². The first-order chi connectivity index (χ1) is 13.4. The van der Waals surface area contributed by atoms with Gasteiger partial charge in [-0.05, 0) is 40.6 Å². The Balaban J connectivity index is 1.95. The molecule has 134 valence electrons. The number of fused-ring (bicyclic) bond motifs is 3. The van der Waals surface area contributed by atoms with Crippen LogP contribution < -0.4 is 14.8 Å². The fourth-order valence-electron chi connectivity index (χ4n) is 3.98. The topological polar surface area (TPSA) is 30.5 Å². The lowest BCUT2D eigenvalue weighted by Crippen LogP contribution is -2.16.